The summed E-state index contributed by atoms with van der Waals surface area (Å²) in [6.07, 6.45) is 5.96. The van der Waals surface area contributed by atoms with Crippen LogP contribution in [0.4, 0.5) is 0 Å². The molecule has 1 unspecified atom stereocenters. The molecule has 5 heteroatoms. The Balaban J connectivity index is 1.39. The molecule has 2 aromatic heterocycles. The Morgan fingerprint density at radius 1 is 1.03 bits per heavy atom. The van der Waals surface area contributed by atoms with Crippen molar-refractivity contribution in [1.82, 2.24) is 14.5 Å². The molecule has 0 spiro atoms. The number of ether oxygens (including phenoxy) is 1. The van der Waals surface area contributed by atoms with E-state index in [0.717, 1.165) is 17.2 Å². The summed E-state index contributed by atoms with van der Waals surface area (Å²) < 4.78 is 7.56. The van der Waals surface area contributed by atoms with E-state index in [9.17, 15) is 4.79 Å². The average molecular weight is 412 g/mol. The molecule has 0 radical (unpaired) electrons. The van der Waals surface area contributed by atoms with Crippen molar-refractivity contribution in [3.8, 4) is 5.75 Å². The first-order valence-electron chi connectivity index (χ1n) is 10.7. The minimum atomic E-state index is -0.0827. The molecule has 1 fully saturated rings. The summed E-state index contributed by atoms with van der Waals surface area (Å²) in [4.78, 5) is 21.2. The highest BCUT2D eigenvalue weighted by atomic mass is 16.5. The lowest BCUT2D eigenvalue weighted by Crippen LogP contribution is -2.25. The van der Waals surface area contributed by atoms with Crippen LogP contribution in [0.1, 0.15) is 54.4 Å². The van der Waals surface area contributed by atoms with Crippen molar-refractivity contribution in [2.75, 3.05) is 0 Å². The van der Waals surface area contributed by atoms with Crippen molar-refractivity contribution in [2.45, 2.75) is 45.3 Å². The fraction of sp³-hybridized carbons (Fsp3) is 0.269. The minimum Gasteiger partial charge on any atom is -0.485 e. The molecule has 0 saturated heterocycles. The van der Waals surface area contributed by atoms with E-state index in [1.165, 1.54) is 35.2 Å². The SMILES string of the molecule is Cc1cc(OCc2ncccn2)cc(=O)n1C(C)c1ccc2cc(C3CC3)ccc2c1. The quantitative estimate of drug-likeness (QED) is 0.439. The molecule has 31 heavy (non-hydrogen) atoms. The molecule has 156 valence electrons. The van der Waals surface area contributed by atoms with Gasteiger partial charge in [-0.3, -0.25) is 4.79 Å². The maximum atomic E-state index is 12.9. The molecule has 0 amide bonds. The highest BCUT2D eigenvalue weighted by Gasteiger charge is 2.23. The number of fused-ring (bicyclic) bond motifs is 1. The van der Waals surface area contributed by atoms with E-state index in [2.05, 4.69) is 53.3 Å². The second-order valence-corrected chi connectivity index (χ2v) is 8.31. The third kappa shape index (κ3) is 4.08. The Kier molecular flexibility index (Phi) is 5.02. The van der Waals surface area contributed by atoms with Gasteiger partial charge in [-0.2, -0.15) is 0 Å². The van der Waals surface area contributed by atoms with Crippen molar-refractivity contribution < 1.29 is 4.74 Å². The summed E-state index contributed by atoms with van der Waals surface area (Å²) in [6.45, 7) is 4.23. The third-order valence-corrected chi connectivity index (χ3v) is 6.03. The summed E-state index contributed by atoms with van der Waals surface area (Å²) in [5.74, 6) is 1.86. The van der Waals surface area contributed by atoms with Gasteiger partial charge in [0.2, 0.25) is 0 Å². The van der Waals surface area contributed by atoms with Crippen molar-refractivity contribution in [3.05, 3.63) is 100.0 Å². The van der Waals surface area contributed by atoms with Gasteiger partial charge < -0.3 is 9.30 Å². The van der Waals surface area contributed by atoms with Crippen LogP contribution in [0, 0.1) is 6.92 Å². The van der Waals surface area contributed by atoms with E-state index < -0.39 is 0 Å². The van der Waals surface area contributed by atoms with Crippen LogP contribution >= 0.6 is 0 Å². The van der Waals surface area contributed by atoms with E-state index in [1.807, 2.05) is 17.6 Å². The highest BCUT2D eigenvalue weighted by Crippen LogP contribution is 2.41. The summed E-state index contributed by atoms with van der Waals surface area (Å²) in [5, 5.41) is 2.47. The Morgan fingerprint density at radius 3 is 2.52 bits per heavy atom. The van der Waals surface area contributed by atoms with Gasteiger partial charge >= 0.3 is 0 Å². The number of rotatable bonds is 6. The monoisotopic (exact) mass is 411 g/mol. The lowest BCUT2D eigenvalue weighted by Gasteiger charge is -2.20. The van der Waals surface area contributed by atoms with Crippen LogP contribution in [0.5, 0.6) is 5.75 Å². The Labute approximate surface area is 181 Å². The van der Waals surface area contributed by atoms with E-state index in [0.29, 0.717) is 11.6 Å². The number of aryl methyl sites for hydroxylation is 1. The van der Waals surface area contributed by atoms with Gasteiger partial charge in [0.05, 0.1) is 6.04 Å². The molecular weight excluding hydrogens is 386 g/mol. The molecule has 1 aliphatic carbocycles. The van der Waals surface area contributed by atoms with Gasteiger partial charge in [0.25, 0.3) is 5.56 Å². The topological polar surface area (TPSA) is 57.0 Å². The zero-order chi connectivity index (χ0) is 21.4. The second-order valence-electron chi connectivity index (χ2n) is 8.31. The van der Waals surface area contributed by atoms with E-state index in [-0.39, 0.29) is 18.2 Å². The zero-order valence-corrected chi connectivity index (χ0v) is 17.8. The van der Waals surface area contributed by atoms with Gasteiger partial charge in [-0.05, 0) is 72.7 Å². The van der Waals surface area contributed by atoms with Crippen LogP contribution in [0.15, 0.2) is 71.8 Å². The molecule has 0 bridgehead atoms. The molecule has 1 aliphatic rings. The maximum Gasteiger partial charge on any atom is 0.254 e. The first-order chi connectivity index (χ1) is 15.1. The molecular formula is C26H25N3O2. The number of hydrogen-bond donors (Lipinski definition) is 0. The van der Waals surface area contributed by atoms with Crippen LogP contribution in [0.25, 0.3) is 10.8 Å². The van der Waals surface area contributed by atoms with Gasteiger partial charge in [0, 0.05) is 24.2 Å². The summed E-state index contributed by atoms with van der Waals surface area (Å²) in [6, 6.07) is 18.4. The fourth-order valence-corrected chi connectivity index (χ4v) is 4.18. The van der Waals surface area contributed by atoms with Crippen LogP contribution in [-0.4, -0.2) is 14.5 Å². The fourth-order valence-electron chi connectivity index (χ4n) is 4.18. The second kappa shape index (κ2) is 7.99. The predicted molar refractivity (Wildman–Crippen MR) is 122 cm³/mol. The molecule has 1 saturated carbocycles. The van der Waals surface area contributed by atoms with Crippen LogP contribution in [-0.2, 0) is 6.61 Å². The molecule has 2 aromatic carbocycles. The standard InChI is InChI=1S/C26H25N3O2/c1-17-12-24(31-16-25-27-10-3-11-28-25)15-26(30)29(17)18(2)20-6-7-23-14-21(19-4-5-19)8-9-22(23)13-20/h3,6-15,18-19H,4-5,16H2,1-2H3. The molecule has 5 rings (SSSR count). The van der Waals surface area contributed by atoms with Crippen molar-refractivity contribution >= 4 is 10.8 Å². The Bertz CT molecular complexity index is 1290. The highest BCUT2D eigenvalue weighted by molar-refractivity contribution is 5.84. The first-order valence-corrected chi connectivity index (χ1v) is 10.7. The van der Waals surface area contributed by atoms with Gasteiger partial charge in [-0.15, -0.1) is 0 Å². The van der Waals surface area contributed by atoms with Crippen molar-refractivity contribution in [1.29, 1.82) is 0 Å². The smallest absolute Gasteiger partial charge is 0.254 e. The number of benzene rings is 2. The maximum absolute atomic E-state index is 12.9. The largest absolute Gasteiger partial charge is 0.485 e. The van der Waals surface area contributed by atoms with Crippen LogP contribution < -0.4 is 10.3 Å². The minimum absolute atomic E-state index is 0.0773. The van der Waals surface area contributed by atoms with E-state index in [4.69, 9.17) is 4.74 Å². The number of pyridine rings is 1. The average Bonchev–Trinajstić information content (AvgIpc) is 3.63. The summed E-state index contributed by atoms with van der Waals surface area (Å²) >= 11 is 0. The molecule has 2 heterocycles. The van der Waals surface area contributed by atoms with Gasteiger partial charge in [0.15, 0.2) is 5.82 Å². The van der Waals surface area contributed by atoms with Gasteiger partial charge in [-0.1, -0.05) is 30.3 Å². The van der Waals surface area contributed by atoms with Crippen molar-refractivity contribution in [2.24, 2.45) is 0 Å². The first kappa shape index (κ1) is 19.5. The number of nitrogens with zero attached hydrogens (tertiary/aromatic N) is 3. The van der Waals surface area contributed by atoms with Crippen molar-refractivity contribution in [3.63, 3.8) is 0 Å². The summed E-state index contributed by atoms with van der Waals surface area (Å²) in [7, 11) is 0. The number of hydrogen-bond acceptors (Lipinski definition) is 4. The molecule has 1 atom stereocenters. The van der Waals surface area contributed by atoms with E-state index in [1.54, 1.807) is 18.5 Å². The predicted octanol–water partition coefficient (Wildman–Crippen LogP) is 5.17. The molecule has 0 aliphatic heterocycles. The lowest BCUT2D eigenvalue weighted by atomic mass is 9.99. The Hall–Kier alpha value is -3.47. The molecule has 4 aromatic rings. The van der Waals surface area contributed by atoms with Gasteiger partial charge in [0.1, 0.15) is 12.4 Å². The summed E-state index contributed by atoms with van der Waals surface area (Å²) in [5.41, 5.74) is 3.33. The van der Waals surface area contributed by atoms with Crippen LogP contribution in [0.3, 0.4) is 0 Å². The zero-order valence-electron chi connectivity index (χ0n) is 17.8. The molecule has 0 N–H and O–H groups in total. The molecule has 5 nitrogen and oxygen atoms in total. The lowest BCUT2D eigenvalue weighted by molar-refractivity contribution is 0.294. The third-order valence-electron chi connectivity index (χ3n) is 6.03. The Morgan fingerprint density at radius 2 is 1.77 bits per heavy atom. The van der Waals surface area contributed by atoms with Crippen LogP contribution in [0.2, 0.25) is 0 Å². The van der Waals surface area contributed by atoms with Gasteiger partial charge in [-0.25, -0.2) is 9.97 Å². The normalized spacial score (nSPS) is 14.5. The van der Waals surface area contributed by atoms with E-state index >= 15 is 0 Å². The number of aromatic nitrogens is 3.